The molecule has 7 heteroatoms. The summed E-state index contributed by atoms with van der Waals surface area (Å²) < 4.78 is 0. The molecule has 0 spiro atoms. The van der Waals surface area contributed by atoms with Crippen LogP contribution in [0.2, 0.25) is 5.02 Å². The summed E-state index contributed by atoms with van der Waals surface area (Å²) in [5.74, 6) is -1.05. The lowest BCUT2D eigenvalue weighted by molar-refractivity contribution is -0.117. The fourth-order valence-electron chi connectivity index (χ4n) is 2.65. The van der Waals surface area contributed by atoms with E-state index in [4.69, 9.17) is 17.3 Å². The second-order valence-corrected chi connectivity index (χ2v) is 7.23. The topological polar surface area (TPSA) is 87.2 Å². The summed E-state index contributed by atoms with van der Waals surface area (Å²) in [5.41, 5.74) is 6.65. The molecular formula is C19H14ClN3O2S. The first-order valence-electron chi connectivity index (χ1n) is 7.75. The molecule has 2 N–H and O–H groups in total. The maximum Gasteiger partial charge on any atom is 0.262 e. The predicted octanol–water partition coefficient (Wildman–Crippen LogP) is 3.25. The average molecular weight is 384 g/mol. The number of primary amides is 1. The Morgan fingerprint density at radius 1 is 1.19 bits per heavy atom. The van der Waals surface area contributed by atoms with Crippen LogP contribution in [0.15, 0.2) is 65.2 Å². The Labute approximate surface area is 160 Å². The Morgan fingerprint density at radius 3 is 2.42 bits per heavy atom. The minimum absolute atomic E-state index is 0.194. The van der Waals surface area contributed by atoms with E-state index >= 15 is 0 Å². The second-order valence-electron chi connectivity index (χ2n) is 5.60. The Morgan fingerprint density at radius 2 is 1.85 bits per heavy atom. The number of rotatable bonds is 4. The largest absolute Gasteiger partial charge is 0.365 e. The van der Waals surface area contributed by atoms with E-state index in [0.29, 0.717) is 17.1 Å². The van der Waals surface area contributed by atoms with Gasteiger partial charge in [0.05, 0.1) is 5.25 Å². The van der Waals surface area contributed by atoms with Gasteiger partial charge in [-0.3, -0.25) is 14.5 Å². The van der Waals surface area contributed by atoms with Crippen LogP contribution >= 0.6 is 23.4 Å². The molecule has 1 aliphatic heterocycles. The summed E-state index contributed by atoms with van der Waals surface area (Å²) in [6.07, 6.45) is 0.449. The first kappa shape index (κ1) is 18.1. The van der Waals surface area contributed by atoms with E-state index in [1.807, 2.05) is 24.3 Å². The summed E-state index contributed by atoms with van der Waals surface area (Å²) in [6.45, 7) is 0. The van der Waals surface area contributed by atoms with E-state index in [2.05, 4.69) is 0 Å². The van der Waals surface area contributed by atoms with E-state index in [0.717, 1.165) is 5.56 Å². The number of nitrogens with two attached hydrogens (primary N) is 1. The number of carbonyl (C=O) groups excluding carboxylic acids is 2. The van der Waals surface area contributed by atoms with Crippen molar-refractivity contribution in [2.75, 3.05) is 4.90 Å². The highest BCUT2D eigenvalue weighted by molar-refractivity contribution is 8.05. The highest BCUT2D eigenvalue weighted by Crippen LogP contribution is 2.41. The zero-order valence-corrected chi connectivity index (χ0v) is 15.1. The highest BCUT2D eigenvalue weighted by atomic mass is 35.5. The van der Waals surface area contributed by atoms with Crippen LogP contribution in [0.4, 0.5) is 5.69 Å². The standard InChI is InChI=1S/C19H14ClN3O2S/c20-13-8-6-12(7-9-13)10-16-18(25)23(14-4-2-1-3-5-14)19(26-16)15(11-21)17(22)24/h1-9,16H,10H2,(H2,22,24)/b19-15+/t16-/m0/s1. The third-order valence-corrected chi connectivity index (χ3v) is 5.39. The normalized spacial score (nSPS) is 18.5. The van der Waals surface area contributed by atoms with Crippen LogP contribution in [0.25, 0.3) is 0 Å². The predicted molar refractivity (Wildman–Crippen MR) is 102 cm³/mol. The number of anilines is 1. The quantitative estimate of drug-likeness (QED) is 0.648. The van der Waals surface area contributed by atoms with Crippen molar-refractivity contribution in [1.29, 1.82) is 5.26 Å². The molecule has 1 aliphatic rings. The number of para-hydroxylation sites is 1. The van der Waals surface area contributed by atoms with Crippen LogP contribution < -0.4 is 10.6 Å². The van der Waals surface area contributed by atoms with Gasteiger partial charge in [-0.25, -0.2) is 0 Å². The Bertz CT molecular complexity index is 920. The number of benzene rings is 2. The van der Waals surface area contributed by atoms with Gasteiger partial charge < -0.3 is 5.73 Å². The van der Waals surface area contributed by atoms with E-state index in [9.17, 15) is 14.9 Å². The number of nitrogens with zero attached hydrogens (tertiary/aromatic N) is 2. The molecule has 26 heavy (non-hydrogen) atoms. The van der Waals surface area contributed by atoms with E-state index in [1.165, 1.54) is 16.7 Å². The number of carbonyl (C=O) groups is 2. The lowest BCUT2D eigenvalue weighted by atomic mass is 10.1. The van der Waals surface area contributed by atoms with Crippen molar-refractivity contribution in [3.05, 3.63) is 75.8 Å². The smallest absolute Gasteiger partial charge is 0.262 e. The molecule has 2 aromatic rings. The molecule has 0 saturated carbocycles. The molecule has 130 valence electrons. The Kier molecular flexibility index (Phi) is 5.31. The molecule has 0 unspecified atom stereocenters. The minimum Gasteiger partial charge on any atom is -0.365 e. The van der Waals surface area contributed by atoms with Crippen LogP contribution in [0, 0.1) is 11.3 Å². The van der Waals surface area contributed by atoms with Crippen molar-refractivity contribution in [1.82, 2.24) is 0 Å². The van der Waals surface area contributed by atoms with Crippen LogP contribution in [0.5, 0.6) is 0 Å². The number of hydrogen-bond acceptors (Lipinski definition) is 4. The number of amides is 2. The van der Waals surface area contributed by atoms with E-state index in [-0.39, 0.29) is 16.5 Å². The molecule has 0 aliphatic carbocycles. The fraction of sp³-hybridized carbons (Fsp3) is 0.105. The van der Waals surface area contributed by atoms with Gasteiger partial charge in [0.2, 0.25) is 5.91 Å². The first-order valence-corrected chi connectivity index (χ1v) is 9.01. The first-order chi connectivity index (χ1) is 12.5. The summed E-state index contributed by atoms with van der Waals surface area (Å²) in [6, 6.07) is 17.9. The van der Waals surface area contributed by atoms with Crippen LogP contribution in [-0.2, 0) is 16.0 Å². The molecule has 3 rings (SSSR count). The van der Waals surface area contributed by atoms with Gasteiger partial charge in [0, 0.05) is 10.7 Å². The molecule has 1 heterocycles. The summed E-state index contributed by atoms with van der Waals surface area (Å²) in [7, 11) is 0. The summed E-state index contributed by atoms with van der Waals surface area (Å²) in [5, 5.41) is 9.77. The monoisotopic (exact) mass is 383 g/mol. The van der Waals surface area contributed by atoms with Gasteiger partial charge in [-0.05, 0) is 36.2 Å². The Balaban J connectivity index is 2.00. The van der Waals surface area contributed by atoms with Crippen molar-refractivity contribution in [2.24, 2.45) is 5.73 Å². The molecule has 1 saturated heterocycles. The van der Waals surface area contributed by atoms with Gasteiger partial charge in [-0.1, -0.05) is 53.7 Å². The van der Waals surface area contributed by atoms with E-state index in [1.54, 1.807) is 36.4 Å². The van der Waals surface area contributed by atoms with Crippen molar-refractivity contribution in [2.45, 2.75) is 11.7 Å². The van der Waals surface area contributed by atoms with Crippen LogP contribution in [-0.4, -0.2) is 17.1 Å². The molecule has 0 aromatic heterocycles. The molecule has 1 atom stereocenters. The Hall–Kier alpha value is -2.75. The molecule has 2 amide bonds. The highest BCUT2D eigenvalue weighted by Gasteiger charge is 2.40. The van der Waals surface area contributed by atoms with Crippen LogP contribution in [0.3, 0.4) is 0 Å². The van der Waals surface area contributed by atoms with Gasteiger partial charge in [0.1, 0.15) is 16.7 Å². The molecule has 2 aromatic carbocycles. The third-order valence-electron chi connectivity index (χ3n) is 3.87. The summed E-state index contributed by atoms with van der Waals surface area (Å²) in [4.78, 5) is 26.1. The third kappa shape index (κ3) is 3.59. The van der Waals surface area contributed by atoms with Crippen molar-refractivity contribution < 1.29 is 9.59 Å². The van der Waals surface area contributed by atoms with Gasteiger partial charge in [-0.15, -0.1) is 0 Å². The molecular weight excluding hydrogens is 370 g/mol. The van der Waals surface area contributed by atoms with E-state index < -0.39 is 11.2 Å². The van der Waals surface area contributed by atoms with Gasteiger partial charge in [-0.2, -0.15) is 5.26 Å². The van der Waals surface area contributed by atoms with Crippen LogP contribution in [0.1, 0.15) is 5.56 Å². The number of hydrogen-bond donors (Lipinski definition) is 1. The lowest BCUT2D eigenvalue weighted by Gasteiger charge is -2.18. The second kappa shape index (κ2) is 7.65. The van der Waals surface area contributed by atoms with Crippen molar-refractivity contribution in [3.8, 4) is 6.07 Å². The van der Waals surface area contributed by atoms with Gasteiger partial charge in [0.15, 0.2) is 0 Å². The zero-order chi connectivity index (χ0) is 18.7. The minimum atomic E-state index is -0.851. The summed E-state index contributed by atoms with van der Waals surface area (Å²) >= 11 is 7.08. The molecule has 0 radical (unpaired) electrons. The number of nitriles is 1. The number of thioether (sulfide) groups is 1. The molecule has 1 fully saturated rings. The lowest BCUT2D eigenvalue weighted by Crippen LogP contribution is -2.30. The molecule has 0 bridgehead atoms. The number of halogens is 1. The maximum absolute atomic E-state index is 13.0. The van der Waals surface area contributed by atoms with Crippen molar-refractivity contribution in [3.63, 3.8) is 0 Å². The van der Waals surface area contributed by atoms with Gasteiger partial charge >= 0.3 is 0 Å². The zero-order valence-electron chi connectivity index (χ0n) is 13.6. The molecule has 5 nitrogen and oxygen atoms in total. The maximum atomic E-state index is 13.0. The average Bonchev–Trinajstić information content (AvgIpc) is 2.94. The van der Waals surface area contributed by atoms with Gasteiger partial charge in [0.25, 0.3) is 5.91 Å². The SMILES string of the molecule is N#C/C(C(N)=O)=C1\S[C@@H](Cc2ccc(Cl)cc2)C(=O)N1c1ccccc1. The fourth-order valence-corrected chi connectivity index (χ4v) is 4.09. The van der Waals surface area contributed by atoms with Crippen molar-refractivity contribution >= 4 is 40.9 Å².